The molecular formula is C27H46N2. The molecule has 2 heterocycles. The first-order valence-corrected chi connectivity index (χ1v) is 11.5. The fraction of sp³-hybridized carbons (Fsp3) is 0.704. The lowest BCUT2D eigenvalue weighted by Gasteiger charge is -2.23. The number of hydrogen-bond acceptors (Lipinski definition) is 2. The average Bonchev–Trinajstić information content (AvgIpc) is 3.13. The topological polar surface area (TPSA) is 6.48 Å². The van der Waals surface area contributed by atoms with Gasteiger partial charge in [-0.25, -0.2) is 0 Å². The Kier molecular flexibility index (Phi) is 8.55. The molecule has 0 aromatic heterocycles. The predicted molar refractivity (Wildman–Crippen MR) is 129 cm³/mol. The van der Waals surface area contributed by atoms with Crippen molar-refractivity contribution in [2.24, 2.45) is 17.8 Å². The molecule has 2 nitrogen and oxygen atoms in total. The van der Waals surface area contributed by atoms with E-state index in [2.05, 4.69) is 70.7 Å². The molecular weight excluding hydrogens is 352 g/mol. The van der Waals surface area contributed by atoms with Crippen LogP contribution in [-0.4, -0.2) is 50.1 Å². The van der Waals surface area contributed by atoms with Gasteiger partial charge in [0.25, 0.3) is 0 Å². The summed E-state index contributed by atoms with van der Waals surface area (Å²) in [5, 5.41) is 0. The molecule has 0 N–H and O–H groups in total. The Balaban J connectivity index is 0.000000202. The number of allylic oxidation sites excluding steroid dienone is 3. The lowest BCUT2D eigenvalue weighted by Crippen LogP contribution is -2.26. The third kappa shape index (κ3) is 5.73. The highest BCUT2D eigenvalue weighted by Gasteiger charge is 2.27. The van der Waals surface area contributed by atoms with E-state index in [9.17, 15) is 0 Å². The van der Waals surface area contributed by atoms with Crippen LogP contribution in [0.25, 0.3) is 0 Å². The minimum Gasteiger partial charge on any atom is -0.306 e. The van der Waals surface area contributed by atoms with Crippen molar-refractivity contribution >= 4 is 0 Å². The first-order chi connectivity index (χ1) is 13.3. The third-order valence-corrected chi connectivity index (χ3v) is 7.18. The number of nitrogens with zero attached hydrogens (tertiary/aromatic N) is 2. The Labute approximate surface area is 181 Å². The van der Waals surface area contributed by atoms with Crippen molar-refractivity contribution in [1.29, 1.82) is 0 Å². The zero-order valence-corrected chi connectivity index (χ0v) is 19.4. The zero-order valence-electron chi connectivity index (χ0n) is 19.4. The first-order valence-electron chi connectivity index (χ1n) is 11.5. The second-order valence-corrected chi connectivity index (χ2v) is 10.0. The van der Waals surface area contributed by atoms with Gasteiger partial charge in [0.1, 0.15) is 0 Å². The minimum atomic E-state index is 0. The summed E-state index contributed by atoms with van der Waals surface area (Å²) in [6.45, 7) is 16.5. The van der Waals surface area contributed by atoms with Crippen LogP contribution in [0.2, 0.25) is 0 Å². The fourth-order valence-electron chi connectivity index (χ4n) is 5.12. The Morgan fingerprint density at radius 3 is 2.14 bits per heavy atom. The highest BCUT2D eigenvalue weighted by Crippen LogP contribution is 2.39. The van der Waals surface area contributed by atoms with E-state index in [1.54, 1.807) is 33.4 Å². The van der Waals surface area contributed by atoms with Crippen molar-refractivity contribution in [3.05, 3.63) is 45.6 Å². The summed E-state index contributed by atoms with van der Waals surface area (Å²) < 4.78 is 0. The molecule has 0 aromatic rings. The van der Waals surface area contributed by atoms with Crippen LogP contribution in [-0.2, 0) is 0 Å². The van der Waals surface area contributed by atoms with Crippen molar-refractivity contribution in [2.45, 2.75) is 67.7 Å². The van der Waals surface area contributed by atoms with Crippen LogP contribution in [0, 0.1) is 17.8 Å². The summed E-state index contributed by atoms with van der Waals surface area (Å²) in [7, 11) is 4.45. The van der Waals surface area contributed by atoms with Gasteiger partial charge in [-0.1, -0.05) is 76.5 Å². The molecule has 0 fully saturated rings. The first kappa shape index (κ1) is 24.2. The van der Waals surface area contributed by atoms with Crippen molar-refractivity contribution in [3.8, 4) is 0 Å². The fourth-order valence-corrected chi connectivity index (χ4v) is 5.12. The number of hydrogen-bond donors (Lipinski definition) is 0. The largest absolute Gasteiger partial charge is 0.306 e. The van der Waals surface area contributed by atoms with Gasteiger partial charge in [-0.05, 0) is 68.7 Å². The second kappa shape index (κ2) is 10.3. The maximum atomic E-state index is 2.49. The maximum Gasteiger partial charge on any atom is 0.0230 e. The second-order valence-electron chi connectivity index (χ2n) is 10.0. The normalized spacial score (nSPS) is 25.2. The van der Waals surface area contributed by atoms with Gasteiger partial charge in [0.15, 0.2) is 0 Å². The van der Waals surface area contributed by atoms with Gasteiger partial charge in [-0.2, -0.15) is 0 Å². The molecule has 4 rings (SSSR count). The molecule has 29 heavy (non-hydrogen) atoms. The SMILES string of the molecule is C.CC(C)C1=CC2=C(CCN(C)C2)C1.CC(C)C1=CC2=C(CCN(C)CC2)C1C. The molecule has 0 spiro atoms. The summed E-state index contributed by atoms with van der Waals surface area (Å²) in [5.41, 5.74) is 9.99. The van der Waals surface area contributed by atoms with Gasteiger partial charge in [-0.15, -0.1) is 0 Å². The molecule has 2 aliphatic heterocycles. The summed E-state index contributed by atoms with van der Waals surface area (Å²) in [5.74, 6) is 2.16. The van der Waals surface area contributed by atoms with Crippen LogP contribution in [0.4, 0.5) is 0 Å². The van der Waals surface area contributed by atoms with Crippen LogP contribution in [0.15, 0.2) is 45.6 Å². The Morgan fingerprint density at radius 2 is 1.48 bits per heavy atom. The van der Waals surface area contributed by atoms with E-state index in [0.717, 1.165) is 5.92 Å². The Morgan fingerprint density at radius 1 is 0.828 bits per heavy atom. The molecule has 2 aliphatic carbocycles. The molecule has 0 bridgehead atoms. The number of rotatable bonds is 2. The van der Waals surface area contributed by atoms with Crippen LogP contribution in [0.5, 0.6) is 0 Å². The molecule has 0 radical (unpaired) electrons. The van der Waals surface area contributed by atoms with E-state index in [0.29, 0.717) is 11.8 Å². The minimum absolute atomic E-state index is 0. The monoisotopic (exact) mass is 398 g/mol. The quantitative estimate of drug-likeness (QED) is 0.525. The van der Waals surface area contributed by atoms with Gasteiger partial charge in [0, 0.05) is 26.2 Å². The molecule has 1 atom stereocenters. The van der Waals surface area contributed by atoms with E-state index in [1.165, 1.54) is 51.9 Å². The Hall–Kier alpha value is -1.12. The van der Waals surface area contributed by atoms with Gasteiger partial charge in [0.2, 0.25) is 0 Å². The van der Waals surface area contributed by atoms with E-state index in [1.807, 2.05) is 0 Å². The molecule has 0 amide bonds. The van der Waals surface area contributed by atoms with Crippen molar-refractivity contribution in [2.75, 3.05) is 40.3 Å². The molecule has 2 heteroatoms. The van der Waals surface area contributed by atoms with Gasteiger partial charge in [-0.3, -0.25) is 0 Å². The summed E-state index contributed by atoms with van der Waals surface area (Å²) in [4.78, 5) is 4.87. The van der Waals surface area contributed by atoms with Crippen molar-refractivity contribution in [3.63, 3.8) is 0 Å². The molecule has 0 saturated heterocycles. The smallest absolute Gasteiger partial charge is 0.0230 e. The zero-order chi connectivity index (χ0) is 20.4. The maximum absolute atomic E-state index is 2.49. The van der Waals surface area contributed by atoms with Gasteiger partial charge in [0.05, 0.1) is 0 Å². The third-order valence-electron chi connectivity index (χ3n) is 7.18. The van der Waals surface area contributed by atoms with E-state index < -0.39 is 0 Å². The van der Waals surface area contributed by atoms with Crippen LogP contribution in [0.3, 0.4) is 0 Å². The summed E-state index contributed by atoms with van der Waals surface area (Å²) in [6.07, 6.45) is 10.0. The molecule has 0 saturated carbocycles. The lowest BCUT2D eigenvalue weighted by molar-refractivity contribution is 0.349. The predicted octanol–water partition coefficient (Wildman–Crippen LogP) is 6.48. The van der Waals surface area contributed by atoms with Crippen LogP contribution >= 0.6 is 0 Å². The molecule has 1 unspecified atom stereocenters. The van der Waals surface area contributed by atoms with Crippen molar-refractivity contribution in [1.82, 2.24) is 9.80 Å². The highest BCUT2D eigenvalue weighted by molar-refractivity contribution is 5.43. The van der Waals surface area contributed by atoms with E-state index >= 15 is 0 Å². The standard InChI is InChI=1S/C14H23N.C12H19N.CH4/c1-10(2)14-9-12-5-7-15(4)8-6-13(12)11(14)3;1-9(2)11-6-10-4-5-13(3)8-12(10)7-11;/h9-11H,5-8H2,1-4H3;7,9H,4-6,8H2,1-3H3;1H4. The van der Waals surface area contributed by atoms with Gasteiger partial charge < -0.3 is 9.80 Å². The highest BCUT2D eigenvalue weighted by atomic mass is 15.1. The Bertz CT molecular complexity index is 702. The van der Waals surface area contributed by atoms with Crippen molar-refractivity contribution < 1.29 is 0 Å². The van der Waals surface area contributed by atoms with Crippen LogP contribution in [0.1, 0.15) is 67.7 Å². The summed E-state index contributed by atoms with van der Waals surface area (Å²) in [6, 6.07) is 0. The molecule has 164 valence electrons. The van der Waals surface area contributed by atoms with E-state index in [4.69, 9.17) is 0 Å². The average molecular weight is 399 g/mol. The molecule has 0 aromatic carbocycles. The van der Waals surface area contributed by atoms with Gasteiger partial charge >= 0.3 is 0 Å². The van der Waals surface area contributed by atoms with Crippen LogP contribution < -0.4 is 0 Å². The number of likely N-dealkylation sites (N-methyl/N-ethyl adjacent to an activating group) is 1. The molecule has 4 aliphatic rings. The summed E-state index contributed by atoms with van der Waals surface area (Å²) >= 11 is 0. The van der Waals surface area contributed by atoms with E-state index in [-0.39, 0.29) is 7.43 Å². The lowest BCUT2D eigenvalue weighted by atomic mass is 9.89.